The normalized spacial score (nSPS) is 56.6. The van der Waals surface area contributed by atoms with E-state index in [1.165, 1.54) is 0 Å². The molecule has 0 aromatic rings. The Kier molecular flexibility index (Phi) is 1.76. The zero-order valence-electron chi connectivity index (χ0n) is 7.98. The topological polar surface area (TPSA) is 37.2 Å². The number of alkyl halides is 4. The zero-order valence-corrected chi connectivity index (χ0v) is 8.74. The molecule has 2 heterocycles. The fourth-order valence-electron chi connectivity index (χ4n) is 2.17. The van der Waals surface area contributed by atoms with Crippen molar-refractivity contribution in [3.8, 4) is 0 Å². The third-order valence-electron chi connectivity index (χ3n) is 3.31. The van der Waals surface area contributed by atoms with Gasteiger partial charge in [0.15, 0.2) is 11.7 Å². The molecule has 0 radical (unpaired) electrons. The van der Waals surface area contributed by atoms with E-state index in [1.807, 2.05) is 0 Å². The van der Waals surface area contributed by atoms with Crippen LogP contribution in [0.15, 0.2) is 21.9 Å². The van der Waals surface area contributed by atoms with Gasteiger partial charge in [-0.15, -0.1) is 5.11 Å². The minimum absolute atomic E-state index is 0.713. The van der Waals surface area contributed by atoms with Gasteiger partial charge in [0.1, 0.15) is 6.54 Å². The maximum atomic E-state index is 14.4. The highest BCUT2D eigenvalue weighted by atomic mass is 35.5. The van der Waals surface area contributed by atoms with Crippen molar-refractivity contribution in [2.75, 3.05) is 13.2 Å². The van der Waals surface area contributed by atoms with Gasteiger partial charge in [-0.2, -0.15) is 5.11 Å². The van der Waals surface area contributed by atoms with Gasteiger partial charge in [-0.25, -0.2) is 22.0 Å². The van der Waals surface area contributed by atoms with Gasteiger partial charge in [-0.05, 0) is 0 Å². The van der Waals surface area contributed by atoms with Gasteiger partial charge in [0.25, 0.3) is 10.9 Å². The van der Waals surface area contributed by atoms with Crippen LogP contribution >= 0.6 is 11.6 Å². The van der Waals surface area contributed by atoms with Crippen LogP contribution in [0.25, 0.3) is 0 Å². The van der Waals surface area contributed by atoms with Gasteiger partial charge < -0.3 is 4.74 Å². The highest BCUT2D eigenvalue weighted by Gasteiger charge is 2.89. The summed E-state index contributed by atoms with van der Waals surface area (Å²) in [4.78, 5) is 0. The van der Waals surface area contributed by atoms with Crippen molar-refractivity contribution in [2.45, 2.75) is 22.2 Å². The molecule has 3 nitrogen and oxygen atoms in total. The Labute approximate surface area is 96.3 Å². The summed E-state index contributed by atoms with van der Waals surface area (Å²) in [5.41, 5.74) is -6.20. The number of hydrogen-bond acceptors (Lipinski definition) is 3. The minimum Gasteiger partial charge on any atom is -0.359 e. The quantitative estimate of drug-likeness (QED) is 0.290. The van der Waals surface area contributed by atoms with Crippen molar-refractivity contribution in [3.63, 3.8) is 0 Å². The van der Waals surface area contributed by atoms with Crippen molar-refractivity contribution in [2.24, 2.45) is 10.2 Å². The third kappa shape index (κ3) is 0.875. The average Bonchev–Trinajstić information content (AvgIpc) is 3.01. The van der Waals surface area contributed by atoms with Crippen LogP contribution in [0.1, 0.15) is 0 Å². The lowest BCUT2D eigenvalue weighted by atomic mass is 9.75. The lowest BCUT2D eigenvalue weighted by Crippen LogP contribution is -2.66. The first-order chi connectivity index (χ1) is 7.73. The minimum atomic E-state index is -3.63. The summed E-state index contributed by atoms with van der Waals surface area (Å²) >= 11 is 5.12. The molecule has 94 valence electrons. The fraction of sp³-hybridized carbons (Fsp3) is 0.750. The first kappa shape index (κ1) is 11.3. The number of nitrogens with zero attached hydrogens (tertiary/aromatic N) is 2. The Bertz CT molecular complexity index is 477. The Morgan fingerprint density at radius 2 is 1.76 bits per heavy atom. The van der Waals surface area contributed by atoms with E-state index >= 15 is 0 Å². The molecule has 1 fully saturated rings. The van der Waals surface area contributed by atoms with Crippen LogP contribution in [-0.2, 0) is 4.74 Å². The molecule has 0 aromatic carbocycles. The molecule has 4 unspecified atom stereocenters. The molecule has 9 heteroatoms. The Morgan fingerprint density at radius 3 is 2.29 bits per heavy atom. The molecule has 1 saturated heterocycles. The number of epoxide rings is 1. The van der Waals surface area contributed by atoms with Crippen molar-refractivity contribution in [1.29, 1.82) is 0 Å². The Balaban J connectivity index is 2.32. The molecule has 0 bridgehead atoms. The molecule has 3 rings (SSSR count). The number of fused-ring (bicyclic) bond motifs is 2. The molecule has 0 aromatic heterocycles. The first-order valence-electron chi connectivity index (χ1n) is 4.57. The zero-order chi connectivity index (χ0) is 12.7. The second kappa shape index (κ2) is 2.64. The monoisotopic (exact) mass is 274 g/mol. The SMILES string of the molecule is FC1=C(F)C2(F)CN=NC2(F)C2(CO2)C1(F)Cl. The van der Waals surface area contributed by atoms with E-state index < -0.39 is 47.0 Å². The average molecular weight is 275 g/mol. The van der Waals surface area contributed by atoms with Gasteiger partial charge in [0, 0.05) is 0 Å². The second-order valence-electron chi connectivity index (χ2n) is 4.14. The van der Waals surface area contributed by atoms with Crippen molar-refractivity contribution in [1.82, 2.24) is 0 Å². The van der Waals surface area contributed by atoms with Gasteiger partial charge in [0.05, 0.1) is 6.61 Å². The van der Waals surface area contributed by atoms with Crippen molar-refractivity contribution >= 4 is 11.6 Å². The second-order valence-corrected chi connectivity index (χ2v) is 4.66. The summed E-state index contributed by atoms with van der Waals surface area (Å²) in [5, 5.41) is 2.20. The predicted molar refractivity (Wildman–Crippen MR) is 45.0 cm³/mol. The highest BCUT2D eigenvalue weighted by Crippen LogP contribution is 2.67. The van der Waals surface area contributed by atoms with Crippen LogP contribution in [0.2, 0.25) is 0 Å². The van der Waals surface area contributed by atoms with E-state index in [2.05, 4.69) is 15.0 Å². The van der Waals surface area contributed by atoms with Gasteiger partial charge >= 0.3 is 0 Å². The van der Waals surface area contributed by atoms with E-state index in [1.54, 1.807) is 0 Å². The van der Waals surface area contributed by atoms with Gasteiger partial charge in [-0.3, -0.25) is 0 Å². The van der Waals surface area contributed by atoms with E-state index in [0.717, 1.165) is 0 Å². The third-order valence-corrected chi connectivity index (χ3v) is 3.79. The molecule has 17 heavy (non-hydrogen) atoms. The van der Waals surface area contributed by atoms with Crippen LogP contribution in [0, 0.1) is 0 Å². The maximum Gasteiger partial charge on any atom is 0.296 e. The Hall–Kier alpha value is -0.760. The largest absolute Gasteiger partial charge is 0.359 e. The molecule has 1 aliphatic carbocycles. The van der Waals surface area contributed by atoms with Crippen LogP contribution < -0.4 is 0 Å². The van der Waals surface area contributed by atoms with Crippen LogP contribution in [0.5, 0.6) is 0 Å². The molecule has 3 aliphatic rings. The van der Waals surface area contributed by atoms with E-state index in [-0.39, 0.29) is 0 Å². The number of azo groups is 1. The van der Waals surface area contributed by atoms with Crippen LogP contribution in [0.3, 0.4) is 0 Å². The maximum absolute atomic E-state index is 14.4. The van der Waals surface area contributed by atoms with Crippen molar-refractivity contribution in [3.05, 3.63) is 11.7 Å². The molecule has 0 N–H and O–H groups in total. The molecule has 1 spiro atoms. The summed E-state index contributed by atoms with van der Waals surface area (Å²) in [6.45, 7) is -1.80. The Morgan fingerprint density at radius 1 is 1.18 bits per heavy atom. The summed E-state index contributed by atoms with van der Waals surface area (Å²) in [6.07, 6.45) is 0. The molecule has 4 atom stereocenters. The van der Waals surface area contributed by atoms with Crippen LogP contribution in [-0.4, -0.2) is 35.3 Å². The number of halogens is 6. The highest BCUT2D eigenvalue weighted by molar-refractivity contribution is 6.26. The smallest absolute Gasteiger partial charge is 0.296 e. The summed E-state index contributed by atoms with van der Waals surface area (Å²) in [6, 6.07) is 0. The molecular formula is C8H4ClF5N2O. The lowest BCUT2D eigenvalue weighted by molar-refractivity contribution is -0.108. The van der Waals surface area contributed by atoms with Crippen LogP contribution in [0.4, 0.5) is 22.0 Å². The van der Waals surface area contributed by atoms with E-state index in [9.17, 15) is 22.0 Å². The standard InChI is InChI=1S/C8H4ClF5N2O/c9-7(13)4(11)3(10)5(12)1-15-16-8(5,14)6(7)2-17-6/h1-2H2. The van der Waals surface area contributed by atoms with E-state index in [4.69, 9.17) is 11.6 Å². The summed E-state index contributed by atoms with van der Waals surface area (Å²) in [5.74, 6) is -7.97. The van der Waals surface area contributed by atoms with E-state index in [0.29, 0.717) is 0 Å². The summed E-state index contributed by atoms with van der Waals surface area (Å²) in [7, 11) is 0. The lowest BCUT2D eigenvalue weighted by Gasteiger charge is -2.41. The van der Waals surface area contributed by atoms with Crippen molar-refractivity contribution < 1.29 is 26.7 Å². The van der Waals surface area contributed by atoms with Gasteiger partial charge in [0.2, 0.25) is 11.3 Å². The molecule has 2 aliphatic heterocycles. The molecule has 0 saturated carbocycles. The molecule has 0 amide bonds. The fourth-order valence-corrected chi connectivity index (χ4v) is 2.49. The van der Waals surface area contributed by atoms with Gasteiger partial charge in [-0.1, -0.05) is 11.6 Å². The first-order valence-corrected chi connectivity index (χ1v) is 4.95. The molecular weight excluding hydrogens is 271 g/mol. The predicted octanol–water partition coefficient (Wildman–Crippen LogP) is 2.66. The number of ether oxygens (including phenoxy) is 1. The number of hydrogen-bond donors (Lipinski definition) is 0. The summed E-state index contributed by atoms with van der Waals surface area (Å²) < 4.78 is 73.6. The number of rotatable bonds is 0.